The minimum Gasteiger partial charge on any atom is -0.494 e. The van der Waals surface area contributed by atoms with Crippen molar-refractivity contribution >= 4 is 5.97 Å². The van der Waals surface area contributed by atoms with Gasteiger partial charge in [0.1, 0.15) is 17.0 Å². The fraction of sp³-hybridized carbons (Fsp3) is 0.375. The maximum absolute atomic E-state index is 11.4. The summed E-state index contributed by atoms with van der Waals surface area (Å²) in [4.78, 5) is 11.4. The molecular formula is C16H20N2O3. The fourth-order valence-corrected chi connectivity index (χ4v) is 2.05. The molecule has 0 fully saturated rings. The van der Waals surface area contributed by atoms with Gasteiger partial charge in [-0.15, -0.1) is 0 Å². The summed E-state index contributed by atoms with van der Waals surface area (Å²) in [5, 5.41) is 13.8. The maximum atomic E-state index is 11.4. The van der Waals surface area contributed by atoms with Crippen molar-refractivity contribution in [3.05, 3.63) is 36.0 Å². The van der Waals surface area contributed by atoms with Crippen molar-refractivity contribution in [1.29, 1.82) is 0 Å². The smallest absolute Gasteiger partial charge is 0.339 e. The molecule has 2 rings (SSSR count). The van der Waals surface area contributed by atoms with Crippen LogP contribution >= 0.6 is 0 Å². The lowest BCUT2D eigenvalue weighted by Gasteiger charge is -2.08. The summed E-state index contributed by atoms with van der Waals surface area (Å²) in [6.07, 6.45) is 2.49. The van der Waals surface area contributed by atoms with Gasteiger partial charge in [-0.1, -0.05) is 6.92 Å². The third-order valence-electron chi connectivity index (χ3n) is 3.44. The van der Waals surface area contributed by atoms with Crippen LogP contribution in [0.15, 0.2) is 30.5 Å². The Morgan fingerprint density at radius 2 is 2.00 bits per heavy atom. The fourth-order valence-electron chi connectivity index (χ4n) is 2.05. The van der Waals surface area contributed by atoms with Gasteiger partial charge >= 0.3 is 5.97 Å². The molecule has 0 spiro atoms. The van der Waals surface area contributed by atoms with Gasteiger partial charge in [0.25, 0.3) is 0 Å². The Hall–Kier alpha value is -2.30. The van der Waals surface area contributed by atoms with Gasteiger partial charge in [0.2, 0.25) is 0 Å². The first-order valence-corrected chi connectivity index (χ1v) is 7.12. The third-order valence-corrected chi connectivity index (χ3v) is 3.44. The average Bonchev–Trinajstić information content (AvgIpc) is 2.93. The van der Waals surface area contributed by atoms with Gasteiger partial charge in [-0.3, -0.25) is 4.68 Å². The van der Waals surface area contributed by atoms with Gasteiger partial charge in [0.15, 0.2) is 0 Å². The van der Waals surface area contributed by atoms with E-state index in [1.165, 1.54) is 0 Å². The molecule has 2 aromatic rings. The number of aromatic carboxylic acids is 1. The summed E-state index contributed by atoms with van der Waals surface area (Å²) in [5.41, 5.74) is 1.49. The van der Waals surface area contributed by atoms with E-state index >= 15 is 0 Å². The van der Waals surface area contributed by atoms with Crippen molar-refractivity contribution in [2.45, 2.75) is 33.2 Å². The lowest BCUT2D eigenvalue weighted by molar-refractivity contribution is 0.0697. The van der Waals surface area contributed by atoms with Crippen LogP contribution in [0, 0.1) is 0 Å². The lowest BCUT2D eigenvalue weighted by atomic mass is 10.1. The van der Waals surface area contributed by atoms with E-state index in [1.807, 2.05) is 45.0 Å². The van der Waals surface area contributed by atoms with Crippen LogP contribution in [0.4, 0.5) is 0 Å². The van der Waals surface area contributed by atoms with Crippen LogP contribution in [0.25, 0.3) is 11.3 Å². The van der Waals surface area contributed by atoms with Gasteiger partial charge in [-0.05, 0) is 44.5 Å². The van der Waals surface area contributed by atoms with Gasteiger partial charge in [0, 0.05) is 17.8 Å². The Labute approximate surface area is 124 Å². The van der Waals surface area contributed by atoms with Crippen molar-refractivity contribution in [3.8, 4) is 17.0 Å². The Morgan fingerprint density at radius 1 is 1.33 bits per heavy atom. The summed E-state index contributed by atoms with van der Waals surface area (Å²) >= 11 is 0. The maximum Gasteiger partial charge on any atom is 0.339 e. The third kappa shape index (κ3) is 3.24. The number of carboxylic acid groups (broad SMARTS) is 1. The van der Waals surface area contributed by atoms with Crippen molar-refractivity contribution in [2.24, 2.45) is 0 Å². The zero-order valence-corrected chi connectivity index (χ0v) is 12.5. The second-order valence-corrected chi connectivity index (χ2v) is 4.89. The molecule has 0 radical (unpaired) electrons. The molecule has 0 aliphatic heterocycles. The van der Waals surface area contributed by atoms with E-state index in [1.54, 1.807) is 10.9 Å². The van der Waals surface area contributed by atoms with Crippen molar-refractivity contribution < 1.29 is 14.6 Å². The topological polar surface area (TPSA) is 64.4 Å². The predicted octanol–water partition coefficient (Wildman–Crippen LogP) is 3.62. The molecule has 5 heteroatoms. The van der Waals surface area contributed by atoms with E-state index < -0.39 is 5.97 Å². The number of benzene rings is 1. The van der Waals surface area contributed by atoms with Gasteiger partial charge in [0.05, 0.1) is 6.61 Å². The number of carboxylic acids is 1. The average molecular weight is 288 g/mol. The summed E-state index contributed by atoms with van der Waals surface area (Å²) in [6.45, 7) is 6.58. The standard InChI is InChI=1S/C16H20N2O3/c1-4-11(3)18-10-14(16(19)20)15(17-18)12-6-8-13(9-7-12)21-5-2/h6-11H,4-5H2,1-3H3,(H,19,20). The van der Waals surface area contributed by atoms with E-state index in [4.69, 9.17) is 4.74 Å². The van der Waals surface area contributed by atoms with Gasteiger partial charge in [-0.2, -0.15) is 5.10 Å². The van der Waals surface area contributed by atoms with Crippen LogP contribution in [0.2, 0.25) is 0 Å². The van der Waals surface area contributed by atoms with Crippen LogP contribution in [-0.4, -0.2) is 27.5 Å². The second kappa shape index (κ2) is 6.43. The molecule has 0 saturated carbocycles. The molecule has 1 aromatic carbocycles. The second-order valence-electron chi connectivity index (χ2n) is 4.89. The number of nitrogens with zero attached hydrogens (tertiary/aromatic N) is 2. The number of hydrogen-bond donors (Lipinski definition) is 1. The first-order valence-electron chi connectivity index (χ1n) is 7.12. The summed E-state index contributed by atoms with van der Waals surface area (Å²) in [6, 6.07) is 7.49. The molecule has 1 atom stereocenters. The van der Waals surface area contributed by atoms with E-state index in [0.29, 0.717) is 12.3 Å². The zero-order chi connectivity index (χ0) is 15.4. The molecule has 21 heavy (non-hydrogen) atoms. The van der Waals surface area contributed by atoms with E-state index in [9.17, 15) is 9.90 Å². The van der Waals surface area contributed by atoms with Crippen molar-refractivity contribution in [3.63, 3.8) is 0 Å². The minimum absolute atomic E-state index is 0.166. The molecule has 0 aliphatic rings. The summed E-state index contributed by atoms with van der Waals surface area (Å²) < 4.78 is 7.11. The van der Waals surface area contributed by atoms with Crippen LogP contribution in [0.5, 0.6) is 5.75 Å². The molecule has 0 aliphatic carbocycles. The number of aromatic nitrogens is 2. The highest BCUT2D eigenvalue weighted by molar-refractivity contribution is 5.94. The zero-order valence-electron chi connectivity index (χ0n) is 12.5. The minimum atomic E-state index is -0.964. The molecule has 5 nitrogen and oxygen atoms in total. The summed E-state index contributed by atoms with van der Waals surface area (Å²) in [7, 11) is 0. The van der Waals surface area contributed by atoms with Crippen LogP contribution in [0.3, 0.4) is 0 Å². The molecule has 1 aromatic heterocycles. The highest BCUT2D eigenvalue weighted by Gasteiger charge is 2.18. The van der Waals surface area contributed by atoms with Crippen LogP contribution in [-0.2, 0) is 0 Å². The number of rotatable bonds is 6. The predicted molar refractivity (Wildman–Crippen MR) is 80.8 cm³/mol. The van der Waals surface area contributed by atoms with E-state index in [2.05, 4.69) is 5.10 Å². The lowest BCUT2D eigenvalue weighted by Crippen LogP contribution is -2.04. The molecule has 0 amide bonds. The number of carbonyl (C=O) groups is 1. The number of ether oxygens (including phenoxy) is 1. The van der Waals surface area contributed by atoms with Gasteiger partial charge in [-0.25, -0.2) is 4.79 Å². The molecule has 1 N–H and O–H groups in total. The highest BCUT2D eigenvalue weighted by Crippen LogP contribution is 2.26. The Morgan fingerprint density at radius 3 is 2.52 bits per heavy atom. The molecular weight excluding hydrogens is 268 g/mol. The molecule has 0 bridgehead atoms. The molecule has 112 valence electrons. The normalized spacial score (nSPS) is 12.1. The SMILES string of the molecule is CCOc1ccc(-c2nn(C(C)CC)cc2C(=O)O)cc1. The highest BCUT2D eigenvalue weighted by atomic mass is 16.5. The molecule has 0 saturated heterocycles. The Kier molecular flexibility index (Phi) is 4.62. The van der Waals surface area contributed by atoms with Crippen LogP contribution < -0.4 is 4.74 Å². The van der Waals surface area contributed by atoms with Crippen LogP contribution in [0.1, 0.15) is 43.6 Å². The molecule has 1 heterocycles. The molecule has 1 unspecified atom stereocenters. The first kappa shape index (κ1) is 15.1. The first-order chi connectivity index (χ1) is 10.1. The quantitative estimate of drug-likeness (QED) is 0.881. The van der Waals surface area contributed by atoms with Crippen molar-refractivity contribution in [1.82, 2.24) is 9.78 Å². The Bertz CT molecular complexity index is 617. The van der Waals surface area contributed by atoms with Gasteiger partial charge < -0.3 is 9.84 Å². The largest absolute Gasteiger partial charge is 0.494 e. The van der Waals surface area contributed by atoms with E-state index in [0.717, 1.165) is 17.7 Å². The van der Waals surface area contributed by atoms with E-state index in [-0.39, 0.29) is 11.6 Å². The summed E-state index contributed by atoms with van der Waals surface area (Å²) in [5.74, 6) is -0.201. The Balaban J connectivity index is 2.41. The number of hydrogen-bond acceptors (Lipinski definition) is 3. The monoisotopic (exact) mass is 288 g/mol. The van der Waals surface area contributed by atoms with Crippen molar-refractivity contribution in [2.75, 3.05) is 6.61 Å².